The van der Waals surface area contributed by atoms with Crippen molar-refractivity contribution in [2.45, 2.75) is 52.6 Å². The summed E-state index contributed by atoms with van der Waals surface area (Å²) >= 11 is 1.58. The van der Waals surface area contributed by atoms with E-state index in [-0.39, 0.29) is 5.91 Å². The normalized spacial score (nSPS) is 19.2. The topological polar surface area (TPSA) is 71.3 Å². The molecule has 0 radical (unpaired) electrons. The van der Waals surface area contributed by atoms with E-state index in [2.05, 4.69) is 58.5 Å². The van der Waals surface area contributed by atoms with Gasteiger partial charge in [-0.15, -0.1) is 11.3 Å². The Morgan fingerprint density at radius 1 is 1.16 bits per heavy atom. The third kappa shape index (κ3) is 6.50. The summed E-state index contributed by atoms with van der Waals surface area (Å²) in [6, 6.07) is 12.5. The fourth-order valence-corrected chi connectivity index (χ4v) is 5.14. The molecule has 0 spiro atoms. The molecule has 2 aromatic heterocycles. The number of aryl methyl sites for hydroxylation is 1. The predicted molar refractivity (Wildman–Crippen MR) is 127 cm³/mol. The van der Waals surface area contributed by atoms with Crippen LogP contribution in [0.3, 0.4) is 0 Å². The molecule has 1 fully saturated rings. The summed E-state index contributed by atoms with van der Waals surface area (Å²) in [4.78, 5) is 20.2. The van der Waals surface area contributed by atoms with Crippen LogP contribution in [-0.2, 0) is 24.3 Å². The molecule has 1 amide bonds. The van der Waals surface area contributed by atoms with Crippen molar-refractivity contribution < 1.29 is 9.32 Å². The summed E-state index contributed by atoms with van der Waals surface area (Å²) in [5.41, 5.74) is 2.46. The Labute approximate surface area is 194 Å². The predicted octanol–water partition coefficient (Wildman–Crippen LogP) is 4.92. The van der Waals surface area contributed by atoms with E-state index in [1.165, 1.54) is 25.1 Å². The lowest BCUT2D eigenvalue weighted by atomic mass is 9.91. The van der Waals surface area contributed by atoms with Gasteiger partial charge in [0.2, 0.25) is 17.6 Å². The molecule has 32 heavy (non-hydrogen) atoms. The van der Waals surface area contributed by atoms with Crippen LogP contribution >= 0.6 is 11.3 Å². The van der Waals surface area contributed by atoms with Gasteiger partial charge in [0.15, 0.2) is 0 Å². The molecule has 4 rings (SSSR count). The van der Waals surface area contributed by atoms with E-state index in [1.54, 1.807) is 11.3 Å². The first-order valence-electron chi connectivity index (χ1n) is 11.5. The number of thiophene rings is 1. The highest BCUT2D eigenvalue weighted by atomic mass is 32.1. The number of amides is 1. The van der Waals surface area contributed by atoms with E-state index in [0.717, 1.165) is 28.8 Å². The Morgan fingerprint density at radius 3 is 2.62 bits per heavy atom. The summed E-state index contributed by atoms with van der Waals surface area (Å²) in [5.74, 6) is 2.79. The summed E-state index contributed by atoms with van der Waals surface area (Å²) in [7, 11) is 0. The number of carbonyl (C=O) groups excluding carboxylic acids is 1. The first kappa shape index (κ1) is 22.7. The minimum Gasteiger partial charge on any atom is -0.352 e. The summed E-state index contributed by atoms with van der Waals surface area (Å²) in [6.07, 6.45) is 3.07. The van der Waals surface area contributed by atoms with E-state index < -0.39 is 0 Å². The zero-order valence-corrected chi connectivity index (χ0v) is 19.7. The quantitative estimate of drug-likeness (QED) is 0.499. The van der Waals surface area contributed by atoms with Crippen molar-refractivity contribution in [1.82, 2.24) is 20.4 Å². The van der Waals surface area contributed by atoms with Crippen molar-refractivity contribution in [2.24, 2.45) is 11.8 Å². The van der Waals surface area contributed by atoms with Gasteiger partial charge in [-0.1, -0.05) is 49.3 Å². The van der Waals surface area contributed by atoms with Crippen molar-refractivity contribution in [2.75, 3.05) is 13.1 Å². The number of hydrogen-bond donors (Lipinski definition) is 1. The van der Waals surface area contributed by atoms with Gasteiger partial charge in [0.05, 0.1) is 4.88 Å². The van der Waals surface area contributed by atoms with Crippen LogP contribution in [0.15, 0.2) is 46.3 Å². The van der Waals surface area contributed by atoms with Crippen LogP contribution in [0.5, 0.6) is 0 Å². The van der Waals surface area contributed by atoms with Crippen molar-refractivity contribution in [3.63, 3.8) is 0 Å². The Hall–Kier alpha value is -2.51. The lowest BCUT2D eigenvalue weighted by Gasteiger charge is -2.35. The molecule has 0 aliphatic carbocycles. The van der Waals surface area contributed by atoms with Gasteiger partial charge < -0.3 is 9.84 Å². The second-order valence-electron chi connectivity index (χ2n) is 9.08. The number of hydrogen-bond acceptors (Lipinski definition) is 6. The number of rotatable bonds is 9. The lowest BCUT2D eigenvalue weighted by Crippen LogP contribution is -2.38. The Morgan fingerprint density at radius 2 is 1.91 bits per heavy atom. The molecule has 170 valence electrons. The van der Waals surface area contributed by atoms with Crippen LogP contribution in [0.4, 0.5) is 0 Å². The molecular weight excluding hydrogens is 420 g/mol. The SMILES string of the molecule is CC1CC(C)CN(Cc2ccc(CNC(=O)CCCc3nc(-c4cccs4)no3)cc2)C1. The molecule has 3 aromatic rings. The first-order valence-corrected chi connectivity index (χ1v) is 12.4. The maximum Gasteiger partial charge on any atom is 0.226 e. The van der Waals surface area contributed by atoms with E-state index in [0.29, 0.717) is 37.5 Å². The van der Waals surface area contributed by atoms with Gasteiger partial charge in [0.1, 0.15) is 0 Å². The van der Waals surface area contributed by atoms with Crippen molar-refractivity contribution in [3.05, 3.63) is 58.8 Å². The zero-order chi connectivity index (χ0) is 22.3. The van der Waals surface area contributed by atoms with Crippen LogP contribution in [0, 0.1) is 11.8 Å². The second-order valence-corrected chi connectivity index (χ2v) is 10.0. The van der Waals surface area contributed by atoms with Crippen LogP contribution in [0.2, 0.25) is 0 Å². The number of likely N-dealkylation sites (tertiary alicyclic amines) is 1. The molecule has 1 aromatic carbocycles. The number of aromatic nitrogens is 2. The van der Waals surface area contributed by atoms with E-state index >= 15 is 0 Å². The second kappa shape index (κ2) is 10.9. The van der Waals surface area contributed by atoms with Gasteiger partial charge in [-0.25, -0.2) is 0 Å². The molecule has 2 unspecified atom stereocenters. The van der Waals surface area contributed by atoms with Gasteiger partial charge >= 0.3 is 0 Å². The standard InChI is InChI=1S/C25H32N4O2S/c1-18-13-19(2)16-29(15-18)17-21-10-8-20(9-11-21)14-26-23(30)6-3-7-24-27-25(28-31-24)22-5-4-12-32-22/h4-5,8-12,18-19H,3,6-7,13-17H2,1-2H3,(H,26,30). The van der Waals surface area contributed by atoms with Crippen LogP contribution in [-0.4, -0.2) is 34.0 Å². The Bertz CT molecular complexity index is 974. The molecule has 6 nitrogen and oxygen atoms in total. The molecule has 0 saturated carbocycles. The highest BCUT2D eigenvalue weighted by Crippen LogP contribution is 2.23. The van der Waals surface area contributed by atoms with Gasteiger partial charge in [-0.3, -0.25) is 9.69 Å². The molecule has 0 bridgehead atoms. The largest absolute Gasteiger partial charge is 0.352 e. The highest BCUT2D eigenvalue weighted by molar-refractivity contribution is 7.13. The molecule has 1 saturated heterocycles. The van der Waals surface area contributed by atoms with Crippen molar-refractivity contribution in [1.29, 1.82) is 0 Å². The summed E-state index contributed by atoms with van der Waals surface area (Å²) < 4.78 is 5.29. The number of nitrogens with zero attached hydrogens (tertiary/aromatic N) is 3. The molecule has 1 aliphatic rings. The number of nitrogens with one attached hydrogen (secondary N) is 1. The van der Waals surface area contributed by atoms with Gasteiger partial charge in [-0.05, 0) is 47.3 Å². The molecular formula is C25H32N4O2S. The van der Waals surface area contributed by atoms with E-state index in [4.69, 9.17) is 4.52 Å². The molecule has 2 atom stereocenters. The van der Waals surface area contributed by atoms with Crippen LogP contribution in [0.1, 0.15) is 50.1 Å². The maximum absolute atomic E-state index is 12.2. The third-order valence-electron chi connectivity index (χ3n) is 5.87. The van der Waals surface area contributed by atoms with Crippen molar-refractivity contribution in [3.8, 4) is 10.7 Å². The third-order valence-corrected chi connectivity index (χ3v) is 6.73. The summed E-state index contributed by atoms with van der Waals surface area (Å²) in [6.45, 7) is 8.62. The van der Waals surface area contributed by atoms with E-state index in [9.17, 15) is 4.79 Å². The lowest BCUT2D eigenvalue weighted by molar-refractivity contribution is -0.121. The average Bonchev–Trinajstić information content (AvgIpc) is 3.44. The highest BCUT2D eigenvalue weighted by Gasteiger charge is 2.21. The number of benzene rings is 1. The van der Waals surface area contributed by atoms with Gasteiger partial charge in [0.25, 0.3) is 0 Å². The fourth-order valence-electron chi connectivity index (χ4n) is 4.49. The molecule has 7 heteroatoms. The zero-order valence-electron chi connectivity index (χ0n) is 18.9. The maximum atomic E-state index is 12.2. The van der Waals surface area contributed by atoms with Crippen LogP contribution < -0.4 is 5.32 Å². The number of piperidine rings is 1. The molecule has 1 N–H and O–H groups in total. The average molecular weight is 453 g/mol. The Balaban J connectivity index is 1.16. The van der Waals surface area contributed by atoms with Gasteiger partial charge in [-0.2, -0.15) is 4.98 Å². The Kier molecular flexibility index (Phi) is 7.71. The van der Waals surface area contributed by atoms with E-state index in [1.807, 2.05) is 17.5 Å². The molecule has 1 aliphatic heterocycles. The fraction of sp³-hybridized carbons (Fsp3) is 0.480. The van der Waals surface area contributed by atoms with Crippen LogP contribution in [0.25, 0.3) is 10.7 Å². The monoisotopic (exact) mass is 452 g/mol. The smallest absolute Gasteiger partial charge is 0.226 e. The minimum atomic E-state index is 0.0448. The van der Waals surface area contributed by atoms with Crippen molar-refractivity contribution >= 4 is 17.2 Å². The minimum absolute atomic E-state index is 0.0448. The number of carbonyl (C=O) groups is 1. The summed E-state index contributed by atoms with van der Waals surface area (Å²) in [5, 5.41) is 9.00. The first-order chi connectivity index (χ1) is 15.5. The van der Waals surface area contributed by atoms with Gasteiger partial charge in [0, 0.05) is 39.0 Å². The molecule has 3 heterocycles.